The number of nitrogens with zero attached hydrogens (tertiary/aromatic N) is 1. The lowest BCUT2D eigenvalue weighted by atomic mass is 10.0. The number of methoxy groups -OCH3 is 1. The minimum absolute atomic E-state index is 0.0247. The number of benzene rings is 4. The smallest absolute Gasteiger partial charge is 0.396 e. The molecule has 4 aromatic carbocycles. The van der Waals surface area contributed by atoms with Crippen LogP contribution in [0.3, 0.4) is 0 Å². The molecule has 0 radical (unpaired) electrons. The highest BCUT2D eigenvalue weighted by molar-refractivity contribution is 7.93. The summed E-state index contributed by atoms with van der Waals surface area (Å²) >= 11 is 0.851. The first-order valence-electron chi connectivity index (χ1n) is 11.5. The van der Waals surface area contributed by atoms with Crippen LogP contribution >= 0.6 is 11.3 Å². The second-order valence-electron chi connectivity index (χ2n) is 8.75. The maximum absolute atomic E-state index is 14.1. The molecule has 1 amide bonds. The van der Waals surface area contributed by atoms with Gasteiger partial charge in [0.05, 0.1) is 22.4 Å². The number of carbonyl (C=O) groups excluding carboxylic acids is 1. The third-order valence-electron chi connectivity index (χ3n) is 6.14. The summed E-state index contributed by atoms with van der Waals surface area (Å²) in [4.78, 5) is 25.5. The van der Waals surface area contributed by atoms with Gasteiger partial charge in [0.2, 0.25) is 0 Å². The Morgan fingerprint density at radius 2 is 1.59 bits per heavy atom. The topological polar surface area (TPSA) is 93.9 Å². The largest absolute Gasteiger partial charge is 0.497 e. The molecule has 0 unspecified atom stereocenters. The molecule has 0 aliphatic heterocycles. The van der Waals surface area contributed by atoms with Crippen LogP contribution in [0.25, 0.3) is 21.1 Å². The van der Waals surface area contributed by atoms with Crippen molar-refractivity contribution in [2.75, 3.05) is 11.4 Å². The summed E-state index contributed by atoms with van der Waals surface area (Å²) in [5.41, 5.74) is 1.62. The first-order valence-corrected chi connectivity index (χ1v) is 13.8. The third kappa shape index (κ3) is 4.41. The highest BCUT2D eigenvalue weighted by atomic mass is 32.2. The number of rotatable bonds is 6. The first-order chi connectivity index (χ1) is 17.7. The van der Waals surface area contributed by atoms with Crippen molar-refractivity contribution < 1.29 is 22.4 Å². The zero-order chi connectivity index (χ0) is 26.3. The van der Waals surface area contributed by atoms with Crippen molar-refractivity contribution in [1.29, 1.82) is 0 Å². The number of ether oxygens (including phenoxy) is 1. The Labute approximate surface area is 217 Å². The number of amides is 1. The minimum atomic E-state index is -4.36. The molecule has 0 aliphatic rings. The summed E-state index contributed by atoms with van der Waals surface area (Å²) in [6, 6.07) is 21.2. The van der Waals surface area contributed by atoms with Crippen molar-refractivity contribution in [3.63, 3.8) is 0 Å². The van der Waals surface area contributed by atoms with Crippen LogP contribution in [0.1, 0.15) is 35.7 Å². The Morgan fingerprint density at radius 3 is 2.22 bits per heavy atom. The Hall–Kier alpha value is -3.95. The Morgan fingerprint density at radius 1 is 0.946 bits per heavy atom. The lowest BCUT2D eigenvalue weighted by Gasteiger charge is -2.24. The third-order valence-corrected chi connectivity index (χ3v) is 8.63. The zero-order valence-corrected chi connectivity index (χ0v) is 21.9. The highest BCUT2D eigenvalue weighted by Crippen LogP contribution is 2.38. The van der Waals surface area contributed by atoms with E-state index in [9.17, 15) is 18.0 Å². The van der Waals surface area contributed by atoms with Gasteiger partial charge in [0.15, 0.2) is 5.58 Å². The molecule has 7 nitrogen and oxygen atoms in total. The Bertz CT molecular complexity index is 1780. The lowest BCUT2D eigenvalue weighted by Crippen LogP contribution is -2.37. The lowest BCUT2D eigenvalue weighted by molar-refractivity contribution is 0.101. The van der Waals surface area contributed by atoms with E-state index in [1.54, 1.807) is 48.5 Å². The number of hydrogen-bond acceptors (Lipinski definition) is 7. The van der Waals surface area contributed by atoms with E-state index >= 15 is 0 Å². The van der Waals surface area contributed by atoms with Gasteiger partial charge in [-0.05, 0) is 53.9 Å². The average Bonchev–Trinajstić information content (AvgIpc) is 3.29. The SMILES string of the molecule is COc1ccc(C(=O)N(c2cc3sc(=O)oc3c3ccccc23)S(=O)(=O)c2ccc(C(C)C)cc2)cc1. The summed E-state index contributed by atoms with van der Waals surface area (Å²) in [5, 5.41) is 0.993. The van der Waals surface area contributed by atoms with Crippen molar-refractivity contribution in [3.05, 3.63) is 99.7 Å². The molecule has 5 aromatic rings. The molecule has 0 spiro atoms. The van der Waals surface area contributed by atoms with E-state index < -0.39 is 20.9 Å². The van der Waals surface area contributed by atoms with Crippen LogP contribution in [0.15, 0.2) is 93.0 Å². The van der Waals surface area contributed by atoms with Gasteiger partial charge in [-0.2, -0.15) is 4.31 Å². The van der Waals surface area contributed by atoms with Crippen LogP contribution in [-0.4, -0.2) is 21.4 Å². The summed E-state index contributed by atoms with van der Waals surface area (Å²) in [6.07, 6.45) is 0. The average molecular weight is 534 g/mol. The second-order valence-corrected chi connectivity index (χ2v) is 11.5. The molecule has 188 valence electrons. The molecular formula is C28H23NO6S2. The molecule has 0 atom stereocenters. The van der Waals surface area contributed by atoms with Crippen LogP contribution in [0.4, 0.5) is 5.69 Å². The van der Waals surface area contributed by atoms with Crippen molar-refractivity contribution in [1.82, 2.24) is 0 Å². The first kappa shape index (κ1) is 24.7. The van der Waals surface area contributed by atoms with Gasteiger partial charge in [-0.1, -0.05) is 61.6 Å². The van der Waals surface area contributed by atoms with E-state index in [0.29, 0.717) is 26.8 Å². The Balaban J connectivity index is 1.78. The number of carbonyl (C=O) groups is 1. The van der Waals surface area contributed by atoms with Crippen molar-refractivity contribution in [2.24, 2.45) is 0 Å². The monoisotopic (exact) mass is 533 g/mol. The van der Waals surface area contributed by atoms with Crippen molar-refractivity contribution in [3.8, 4) is 5.75 Å². The molecule has 9 heteroatoms. The Kier molecular flexibility index (Phi) is 6.35. The molecule has 0 aliphatic carbocycles. The van der Waals surface area contributed by atoms with E-state index in [-0.39, 0.29) is 22.1 Å². The molecular weight excluding hydrogens is 510 g/mol. The molecule has 0 bridgehead atoms. The van der Waals surface area contributed by atoms with Gasteiger partial charge in [-0.15, -0.1) is 0 Å². The molecule has 5 rings (SSSR count). The van der Waals surface area contributed by atoms with Crippen molar-refractivity contribution >= 4 is 54.0 Å². The molecule has 0 saturated carbocycles. The fourth-order valence-electron chi connectivity index (χ4n) is 4.18. The predicted octanol–water partition coefficient (Wildman–Crippen LogP) is 6.18. The van der Waals surface area contributed by atoms with Gasteiger partial charge < -0.3 is 9.15 Å². The molecule has 0 saturated heterocycles. The number of fused-ring (bicyclic) bond motifs is 3. The molecule has 0 N–H and O–H groups in total. The van der Waals surface area contributed by atoms with Crippen LogP contribution < -0.4 is 14.0 Å². The molecule has 37 heavy (non-hydrogen) atoms. The quantitative estimate of drug-likeness (QED) is 0.259. The van der Waals surface area contributed by atoms with E-state index in [0.717, 1.165) is 21.2 Å². The molecule has 1 aromatic heterocycles. The summed E-state index contributed by atoms with van der Waals surface area (Å²) in [6.45, 7) is 4.03. The zero-order valence-electron chi connectivity index (χ0n) is 20.3. The maximum Gasteiger partial charge on any atom is 0.396 e. The summed E-state index contributed by atoms with van der Waals surface area (Å²) in [7, 11) is -2.86. The standard InChI is InChI=1S/C28H23NO6S2/c1-17(2)18-10-14-21(15-11-18)37(32,33)29(27(30)19-8-12-20(34-3)13-9-19)24-16-25-26(35-28(31)36-25)23-7-5-4-6-22(23)24/h4-17H,1-3H3. The van der Waals surface area contributed by atoms with Crippen LogP contribution in [0.2, 0.25) is 0 Å². The van der Waals surface area contributed by atoms with Crippen LogP contribution in [0, 0.1) is 0 Å². The van der Waals surface area contributed by atoms with Crippen LogP contribution in [-0.2, 0) is 10.0 Å². The van der Waals surface area contributed by atoms with Gasteiger partial charge in [0.1, 0.15) is 5.75 Å². The normalized spacial score (nSPS) is 11.8. The number of hydrogen-bond donors (Lipinski definition) is 0. The van der Waals surface area contributed by atoms with E-state index in [4.69, 9.17) is 9.15 Å². The highest BCUT2D eigenvalue weighted by Gasteiger charge is 2.34. The van der Waals surface area contributed by atoms with Gasteiger partial charge >= 0.3 is 4.94 Å². The van der Waals surface area contributed by atoms with Crippen molar-refractivity contribution in [2.45, 2.75) is 24.7 Å². The van der Waals surface area contributed by atoms with Gasteiger partial charge in [-0.25, -0.2) is 13.2 Å². The van der Waals surface area contributed by atoms with E-state index in [1.165, 1.54) is 37.4 Å². The minimum Gasteiger partial charge on any atom is -0.497 e. The fraction of sp³-hybridized carbons (Fsp3) is 0.143. The summed E-state index contributed by atoms with van der Waals surface area (Å²) in [5.74, 6) is 0.00483. The van der Waals surface area contributed by atoms with Gasteiger partial charge in [-0.3, -0.25) is 4.79 Å². The number of anilines is 1. The molecule has 0 fully saturated rings. The number of sulfonamides is 1. The maximum atomic E-state index is 14.1. The molecule has 1 heterocycles. The summed E-state index contributed by atoms with van der Waals surface area (Å²) < 4.78 is 40.1. The van der Waals surface area contributed by atoms with Gasteiger partial charge in [0.25, 0.3) is 15.9 Å². The van der Waals surface area contributed by atoms with Gasteiger partial charge in [0, 0.05) is 16.3 Å². The second kappa shape index (κ2) is 9.49. The van der Waals surface area contributed by atoms with Crippen LogP contribution in [0.5, 0.6) is 5.75 Å². The van der Waals surface area contributed by atoms with E-state index in [1.807, 2.05) is 13.8 Å². The predicted molar refractivity (Wildman–Crippen MR) is 145 cm³/mol. The van der Waals surface area contributed by atoms with E-state index in [2.05, 4.69) is 0 Å². The fourth-order valence-corrected chi connectivity index (χ4v) is 6.32.